The van der Waals surface area contributed by atoms with Crippen LogP contribution in [0.25, 0.3) is 17.0 Å². The Morgan fingerprint density at radius 1 is 1.00 bits per heavy atom. The number of hydrogen-bond acceptors (Lipinski definition) is 4. The van der Waals surface area contributed by atoms with Crippen molar-refractivity contribution >= 4 is 11.6 Å². The molecule has 3 aromatic rings. The van der Waals surface area contributed by atoms with E-state index in [2.05, 4.69) is 15.3 Å². The summed E-state index contributed by atoms with van der Waals surface area (Å²) in [6, 6.07) is 9.65. The fraction of sp³-hybridized carbons (Fsp3) is 0.333. The molecule has 0 atom stereocenters. The number of carbonyl (C=O) groups is 1. The second-order valence-electron chi connectivity index (χ2n) is 6.65. The number of aromatic nitrogens is 4. The summed E-state index contributed by atoms with van der Waals surface area (Å²) in [7, 11) is 0. The predicted octanol–water partition coefficient (Wildman–Crippen LogP) is 3.24. The monoisotopic (exact) mass is 320 g/mol. The summed E-state index contributed by atoms with van der Waals surface area (Å²) in [5, 5.41) is 22.8. The topological polar surface area (TPSA) is 80.4 Å². The zero-order chi connectivity index (χ0) is 16.3. The van der Waals surface area contributed by atoms with Gasteiger partial charge in [0.05, 0.1) is 0 Å². The lowest BCUT2D eigenvalue weighted by Crippen LogP contribution is -2.27. The third kappa shape index (κ3) is 1.76. The highest BCUT2D eigenvalue weighted by molar-refractivity contribution is 5.89. The van der Waals surface area contributed by atoms with Gasteiger partial charge in [-0.05, 0) is 43.1 Å². The van der Waals surface area contributed by atoms with E-state index in [1.165, 1.54) is 0 Å². The fourth-order valence-electron chi connectivity index (χ4n) is 4.36. The quantitative estimate of drug-likeness (QED) is 0.784. The molecule has 1 aromatic carbocycles. The van der Waals surface area contributed by atoms with Gasteiger partial charge in [0.15, 0.2) is 17.2 Å². The highest BCUT2D eigenvalue weighted by atomic mass is 16.4. The van der Waals surface area contributed by atoms with E-state index in [0.29, 0.717) is 17.7 Å². The Kier molecular flexibility index (Phi) is 2.77. The van der Waals surface area contributed by atoms with Crippen LogP contribution >= 0.6 is 0 Å². The Hall–Kier alpha value is -2.76. The minimum absolute atomic E-state index is 0.170. The summed E-state index contributed by atoms with van der Waals surface area (Å²) >= 11 is 0. The van der Waals surface area contributed by atoms with Crippen molar-refractivity contribution in [2.75, 3.05) is 0 Å². The molecule has 0 spiro atoms. The van der Waals surface area contributed by atoms with Crippen molar-refractivity contribution in [3.8, 4) is 11.4 Å². The van der Waals surface area contributed by atoms with Crippen LogP contribution in [-0.2, 0) is 0 Å². The van der Waals surface area contributed by atoms with Crippen molar-refractivity contribution in [1.29, 1.82) is 0 Å². The van der Waals surface area contributed by atoms with Gasteiger partial charge in [-0.2, -0.15) is 9.61 Å². The smallest absolute Gasteiger partial charge is 0.356 e. The van der Waals surface area contributed by atoms with Crippen LogP contribution in [0.2, 0.25) is 0 Å². The van der Waals surface area contributed by atoms with Crippen molar-refractivity contribution in [2.24, 2.45) is 0 Å². The van der Waals surface area contributed by atoms with E-state index in [0.717, 1.165) is 48.0 Å². The van der Waals surface area contributed by atoms with Gasteiger partial charge in [0.25, 0.3) is 0 Å². The van der Waals surface area contributed by atoms with Gasteiger partial charge in [-0.25, -0.2) is 4.79 Å². The van der Waals surface area contributed by atoms with Gasteiger partial charge in [0, 0.05) is 11.1 Å². The van der Waals surface area contributed by atoms with E-state index < -0.39 is 5.97 Å². The zero-order valence-electron chi connectivity index (χ0n) is 13.0. The number of aromatic carboxylic acids is 1. The molecule has 120 valence electrons. The molecule has 3 aliphatic rings. The number of fused-ring (bicyclic) bond motifs is 3. The lowest BCUT2D eigenvalue weighted by atomic mass is 9.67. The summed E-state index contributed by atoms with van der Waals surface area (Å²) in [6.07, 6.45) is 4.30. The Bertz CT molecular complexity index is 956. The summed E-state index contributed by atoms with van der Waals surface area (Å²) in [6.45, 7) is 0. The molecule has 2 bridgehead atoms. The molecule has 0 aliphatic heterocycles. The molecule has 0 radical (unpaired) electrons. The normalized spacial score (nSPS) is 21.8. The first kappa shape index (κ1) is 13.7. The Balaban J connectivity index is 1.85. The van der Waals surface area contributed by atoms with E-state index in [1.807, 2.05) is 30.3 Å². The number of carboxylic acids is 1. The molecule has 0 saturated heterocycles. The Labute approximate surface area is 138 Å². The van der Waals surface area contributed by atoms with Crippen LogP contribution in [0.15, 0.2) is 30.3 Å². The number of carboxylic acid groups (broad SMARTS) is 1. The van der Waals surface area contributed by atoms with Gasteiger partial charge >= 0.3 is 5.97 Å². The van der Waals surface area contributed by atoms with Gasteiger partial charge in [0.1, 0.15) is 0 Å². The molecule has 24 heavy (non-hydrogen) atoms. The molecule has 1 N–H and O–H groups in total. The molecule has 1 fully saturated rings. The highest BCUT2D eigenvalue weighted by Gasteiger charge is 2.39. The Morgan fingerprint density at radius 2 is 1.67 bits per heavy atom. The minimum atomic E-state index is -0.964. The van der Waals surface area contributed by atoms with E-state index in [1.54, 1.807) is 4.52 Å². The van der Waals surface area contributed by atoms with Gasteiger partial charge in [-0.1, -0.05) is 30.3 Å². The first-order chi connectivity index (χ1) is 11.7. The van der Waals surface area contributed by atoms with E-state index in [-0.39, 0.29) is 5.69 Å². The largest absolute Gasteiger partial charge is 0.476 e. The van der Waals surface area contributed by atoms with Crippen LogP contribution in [0.3, 0.4) is 0 Å². The zero-order valence-corrected chi connectivity index (χ0v) is 13.0. The standard InChI is InChI=1S/C18H16N4O2/c23-18(24)15-13-10-6-8-11(9-7-10)14(13)17-20-19-16(22(17)21-15)12-4-2-1-3-5-12/h1-5,10-11H,6-9H2,(H,23,24). The third-order valence-corrected chi connectivity index (χ3v) is 5.41. The van der Waals surface area contributed by atoms with E-state index in [4.69, 9.17) is 0 Å². The second kappa shape index (κ2) is 4.87. The summed E-state index contributed by atoms with van der Waals surface area (Å²) in [4.78, 5) is 11.8. The van der Waals surface area contributed by atoms with Gasteiger partial charge in [0.2, 0.25) is 0 Å². The van der Waals surface area contributed by atoms with Crippen LogP contribution in [0.1, 0.15) is 59.1 Å². The fourth-order valence-corrected chi connectivity index (χ4v) is 4.36. The second-order valence-corrected chi connectivity index (χ2v) is 6.65. The van der Waals surface area contributed by atoms with E-state index in [9.17, 15) is 9.90 Å². The highest BCUT2D eigenvalue weighted by Crippen LogP contribution is 2.51. The molecule has 2 aromatic heterocycles. The maximum absolute atomic E-state index is 11.8. The first-order valence-corrected chi connectivity index (χ1v) is 8.32. The lowest BCUT2D eigenvalue weighted by Gasteiger charge is -2.38. The molecule has 3 aliphatic carbocycles. The summed E-state index contributed by atoms with van der Waals surface area (Å²) in [5.74, 6) is 0.303. The van der Waals surface area contributed by atoms with Gasteiger partial charge in [-0.3, -0.25) is 0 Å². The Morgan fingerprint density at radius 3 is 2.33 bits per heavy atom. The summed E-state index contributed by atoms with van der Waals surface area (Å²) in [5.41, 5.74) is 3.76. The maximum Gasteiger partial charge on any atom is 0.356 e. The van der Waals surface area contributed by atoms with Crippen LogP contribution in [0.4, 0.5) is 0 Å². The molecular formula is C18H16N4O2. The molecule has 6 rings (SSSR count). The van der Waals surface area contributed by atoms with Crippen molar-refractivity contribution in [3.63, 3.8) is 0 Å². The minimum Gasteiger partial charge on any atom is -0.476 e. The number of hydrogen-bond donors (Lipinski definition) is 1. The van der Waals surface area contributed by atoms with Crippen molar-refractivity contribution < 1.29 is 9.90 Å². The summed E-state index contributed by atoms with van der Waals surface area (Å²) < 4.78 is 1.62. The number of rotatable bonds is 2. The predicted molar refractivity (Wildman–Crippen MR) is 87.1 cm³/mol. The molecule has 2 heterocycles. The first-order valence-electron chi connectivity index (χ1n) is 8.32. The third-order valence-electron chi connectivity index (χ3n) is 5.41. The van der Waals surface area contributed by atoms with Crippen molar-refractivity contribution in [3.05, 3.63) is 47.2 Å². The molecule has 6 nitrogen and oxygen atoms in total. The van der Waals surface area contributed by atoms with Crippen molar-refractivity contribution in [1.82, 2.24) is 19.8 Å². The van der Waals surface area contributed by atoms with E-state index >= 15 is 0 Å². The van der Waals surface area contributed by atoms with Crippen molar-refractivity contribution in [2.45, 2.75) is 37.5 Å². The molecular weight excluding hydrogens is 304 g/mol. The lowest BCUT2D eigenvalue weighted by molar-refractivity contribution is 0.0685. The van der Waals surface area contributed by atoms with Crippen LogP contribution in [0.5, 0.6) is 0 Å². The average Bonchev–Trinajstić information content (AvgIpc) is 3.06. The van der Waals surface area contributed by atoms with Gasteiger partial charge in [-0.15, -0.1) is 10.2 Å². The SMILES string of the molecule is O=C(O)c1nn2c(-c3ccccc3)nnc2c2c1C1CCC2CC1. The molecule has 0 amide bonds. The number of benzene rings is 1. The molecule has 1 saturated carbocycles. The average molecular weight is 320 g/mol. The maximum atomic E-state index is 11.8. The van der Waals surface area contributed by atoms with Crippen LogP contribution in [0, 0.1) is 0 Å². The van der Waals surface area contributed by atoms with Crippen LogP contribution < -0.4 is 0 Å². The van der Waals surface area contributed by atoms with Crippen LogP contribution in [-0.4, -0.2) is 30.9 Å². The molecule has 0 unspecified atom stereocenters. The number of nitrogens with zero attached hydrogens (tertiary/aromatic N) is 4. The molecule has 6 heteroatoms. The van der Waals surface area contributed by atoms with Gasteiger partial charge < -0.3 is 5.11 Å².